The molecular weight excluding hydrogens is 294 g/mol. The highest BCUT2D eigenvalue weighted by atomic mass is 16.6. The number of nitriles is 1. The predicted octanol–water partition coefficient (Wildman–Crippen LogP) is 2.84. The normalized spacial score (nSPS) is 40.4. The Morgan fingerprint density at radius 2 is 2.09 bits per heavy atom. The molecule has 2 aliphatic carbocycles. The molecule has 0 radical (unpaired) electrons. The summed E-state index contributed by atoms with van der Waals surface area (Å²) in [5.41, 5.74) is -1.81. The van der Waals surface area contributed by atoms with Crippen molar-refractivity contribution in [1.29, 1.82) is 5.26 Å². The molecule has 1 heterocycles. The first-order valence-electron chi connectivity index (χ1n) is 8.44. The fraction of sp³-hybridized carbons (Fsp3) is 0.833. The van der Waals surface area contributed by atoms with Crippen molar-refractivity contribution in [3.05, 3.63) is 0 Å². The molecule has 1 aliphatic heterocycles. The van der Waals surface area contributed by atoms with Gasteiger partial charge in [-0.15, -0.1) is 0 Å². The van der Waals surface area contributed by atoms with Gasteiger partial charge in [-0.1, -0.05) is 27.7 Å². The van der Waals surface area contributed by atoms with E-state index in [4.69, 9.17) is 9.47 Å². The van der Waals surface area contributed by atoms with E-state index in [0.29, 0.717) is 12.8 Å². The third-order valence-electron chi connectivity index (χ3n) is 6.82. The highest BCUT2D eigenvalue weighted by molar-refractivity contribution is 5.85. The van der Waals surface area contributed by atoms with E-state index in [1.54, 1.807) is 0 Å². The summed E-state index contributed by atoms with van der Waals surface area (Å²) in [6, 6.07) is 2.17. The number of fused-ring (bicyclic) bond motifs is 1. The zero-order valence-corrected chi connectivity index (χ0v) is 14.5. The average molecular weight is 319 g/mol. The van der Waals surface area contributed by atoms with Crippen LogP contribution in [0.25, 0.3) is 0 Å². The molecular formula is C18H25NO4. The Hall–Kier alpha value is -1.57. The Balaban J connectivity index is 1.81. The van der Waals surface area contributed by atoms with E-state index < -0.39 is 29.0 Å². The Kier molecular flexibility index (Phi) is 3.34. The highest BCUT2D eigenvalue weighted by Crippen LogP contribution is 2.62. The van der Waals surface area contributed by atoms with Crippen molar-refractivity contribution in [3.63, 3.8) is 0 Å². The SMILES string of the molecule is CCC(C)(C(=O)OC1C2CC3C1OC(=O)C3(C#N)C2)C(C)(C)C. The van der Waals surface area contributed by atoms with Crippen LogP contribution in [-0.4, -0.2) is 24.1 Å². The largest absolute Gasteiger partial charge is 0.458 e. The Morgan fingerprint density at radius 1 is 1.43 bits per heavy atom. The van der Waals surface area contributed by atoms with E-state index >= 15 is 0 Å². The van der Waals surface area contributed by atoms with Crippen molar-refractivity contribution in [2.45, 2.75) is 66.1 Å². The first kappa shape index (κ1) is 16.3. The summed E-state index contributed by atoms with van der Waals surface area (Å²) in [6.45, 7) is 10.0. The number of hydrogen-bond acceptors (Lipinski definition) is 5. The minimum Gasteiger partial charge on any atom is -0.458 e. The third-order valence-corrected chi connectivity index (χ3v) is 6.82. The fourth-order valence-electron chi connectivity index (χ4n) is 4.52. The number of carbonyl (C=O) groups excluding carboxylic acids is 2. The van der Waals surface area contributed by atoms with Gasteiger partial charge in [0.05, 0.1) is 11.5 Å². The standard InChI is InChI=1S/C18H25NO4/c1-6-17(5,16(2,3)4)14(20)22-12-10-7-11-13(12)23-15(21)18(11,8-10)9-19/h10-13H,6-8H2,1-5H3. The summed E-state index contributed by atoms with van der Waals surface area (Å²) in [5.74, 6) is -0.716. The fourth-order valence-corrected chi connectivity index (χ4v) is 4.52. The van der Waals surface area contributed by atoms with Crippen LogP contribution < -0.4 is 0 Å². The lowest BCUT2D eigenvalue weighted by molar-refractivity contribution is -0.177. The van der Waals surface area contributed by atoms with Crippen LogP contribution in [0.3, 0.4) is 0 Å². The maximum Gasteiger partial charge on any atom is 0.327 e. The molecule has 0 N–H and O–H groups in total. The molecule has 0 aromatic carbocycles. The van der Waals surface area contributed by atoms with Crippen LogP contribution in [0, 0.1) is 39.4 Å². The maximum absolute atomic E-state index is 12.9. The lowest BCUT2D eigenvalue weighted by atomic mass is 9.66. The minimum absolute atomic E-state index is 0.0566. The zero-order chi connectivity index (χ0) is 17.2. The third kappa shape index (κ3) is 1.90. The van der Waals surface area contributed by atoms with Crippen LogP contribution in [-0.2, 0) is 19.1 Å². The molecule has 6 atom stereocenters. The van der Waals surface area contributed by atoms with Crippen molar-refractivity contribution in [2.24, 2.45) is 28.1 Å². The summed E-state index contributed by atoms with van der Waals surface area (Å²) < 4.78 is 11.3. The molecule has 3 aliphatic rings. The molecule has 0 aromatic heterocycles. The second-order valence-corrected chi connectivity index (χ2v) is 8.57. The molecule has 126 valence electrons. The summed E-state index contributed by atoms with van der Waals surface area (Å²) in [4.78, 5) is 25.0. The Morgan fingerprint density at radius 3 is 2.61 bits per heavy atom. The van der Waals surface area contributed by atoms with Crippen molar-refractivity contribution in [1.82, 2.24) is 0 Å². The summed E-state index contributed by atoms with van der Waals surface area (Å²) >= 11 is 0. The van der Waals surface area contributed by atoms with Gasteiger partial charge in [-0.25, -0.2) is 0 Å². The van der Waals surface area contributed by atoms with Crippen LogP contribution in [0.1, 0.15) is 53.9 Å². The quantitative estimate of drug-likeness (QED) is 0.748. The summed E-state index contributed by atoms with van der Waals surface area (Å²) in [5, 5.41) is 9.42. The van der Waals surface area contributed by atoms with Crippen molar-refractivity contribution in [3.8, 4) is 6.07 Å². The van der Waals surface area contributed by atoms with Crippen LogP contribution in [0.15, 0.2) is 0 Å². The van der Waals surface area contributed by atoms with Gasteiger partial charge in [0.15, 0.2) is 5.41 Å². The molecule has 2 saturated carbocycles. The van der Waals surface area contributed by atoms with Gasteiger partial charge in [0.1, 0.15) is 12.2 Å². The lowest BCUT2D eigenvalue weighted by Crippen LogP contribution is -2.46. The second kappa shape index (κ2) is 4.72. The van der Waals surface area contributed by atoms with Crippen molar-refractivity contribution in [2.75, 3.05) is 0 Å². The monoisotopic (exact) mass is 319 g/mol. The van der Waals surface area contributed by atoms with Gasteiger partial charge in [-0.3, -0.25) is 9.59 Å². The van der Waals surface area contributed by atoms with Crippen LogP contribution in [0.2, 0.25) is 0 Å². The second-order valence-electron chi connectivity index (χ2n) is 8.57. The smallest absolute Gasteiger partial charge is 0.327 e. The molecule has 3 fully saturated rings. The molecule has 0 spiro atoms. The number of rotatable bonds is 3. The molecule has 5 heteroatoms. The molecule has 2 bridgehead atoms. The minimum atomic E-state index is -0.990. The summed E-state index contributed by atoms with van der Waals surface area (Å²) in [6.07, 6.45) is 1.04. The zero-order valence-electron chi connectivity index (χ0n) is 14.5. The molecule has 23 heavy (non-hydrogen) atoms. The number of carbonyl (C=O) groups is 2. The number of ether oxygens (including phenoxy) is 2. The molecule has 0 amide bonds. The molecule has 6 unspecified atom stereocenters. The van der Waals surface area contributed by atoms with E-state index in [1.807, 2.05) is 34.6 Å². The predicted molar refractivity (Wildman–Crippen MR) is 81.9 cm³/mol. The van der Waals surface area contributed by atoms with Crippen LogP contribution in [0.5, 0.6) is 0 Å². The van der Waals surface area contributed by atoms with Crippen LogP contribution in [0.4, 0.5) is 0 Å². The number of nitrogens with zero attached hydrogens (tertiary/aromatic N) is 1. The van der Waals surface area contributed by atoms with E-state index in [1.165, 1.54) is 0 Å². The highest BCUT2D eigenvalue weighted by Gasteiger charge is 2.72. The average Bonchev–Trinajstić information content (AvgIpc) is 3.06. The molecule has 3 rings (SSSR count). The van der Waals surface area contributed by atoms with Gasteiger partial charge in [-0.2, -0.15) is 5.26 Å². The van der Waals surface area contributed by atoms with Gasteiger partial charge < -0.3 is 9.47 Å². The van der Waals surface area contributed by atoms with E-state index in [2.05, 4.69) is 6.07 Å². The van der Waals surface area contributed by atoms with Crippen molar-refractivity contribution >= 4 is 11.9 Å². The first-order chi connectivity index (χ1) is 10.6. The van der Waals surface area contributed by atoms with E-state index in [-0.39, 0.29) is 23.2 Å². The molecule has 1 saturated heterocycles. The summed E-state index contributed by atoms with van der Waals surface area (Å²) in [7, 11) is 0. The Bertz CT molecular complexity index is 601. The van der Waals surface area contributed by atoms with Gasteiger partial charge in [0, 0.05) is 11.8 Å². The maximum atomic E-state index is 12.9. The lowest BCUT2D eigenvalue weighted by Gasteiger charge is -2.40. The van der Waals surface area contributed by atoms with Crippen LogP contribution >= 0.6 is 0 Å². The number of hydrogen-bond donors (Lipinski definition) is 0. The van der Waals surface area contributed by atoms with E-state index in [9.17, 15) is 14.9 Å². The number of esters is 2. The van der Waals surface area contributed by atoms with Gasteiger partial charge in [0.25, 0.3) is 0 Å². The van der Waals surface area contributed by atoms with Gasteiger partial charge >= 0.3 is 11.9 Å². The molecule has 5 nitrogen and oxygen atoms in total. The topological polar surface area (TPSA) is 76.4 Å². The Labute approximate surface area is 137 Å². The van der Waals surface area contributed by atoms with E-state index in [0.717, 1.165) is 6.42 Å². The van der Waals surface area contributed by atoms with Gasteiger partial charge in [0.2, 0.25) is 0 Å². The van der Waals surface area contributed by atoms with Crippen molar-refractivity contribution < 1.29 is 19.1 Å². The molecule has 0 aromatic rings. The first-order valence-corrected chi connectivity index (χ1v) is 8.44. The van der Waals surface area contributed by atoms with Gasteiger partial charge in [-0.05, 0) is 31.6 Å².